The van der Waals surface area contributed by atoms with E-state index in [2.05, 4.69) is 31.2 Å². The lowest BCUT2D eigenvalue weighted by Crippen LogP contribution is -2.32. The number of aliphatic hydroxyl groups is 1. The summed E-state index contributed by atoms with van der Waals surface area (Å²) in [6.45, 7) is 1.57. The van der Waals surface area contributed by atoms with Gasteiger partial charge in [-0.2, -0.15) is 0 Å². The average Bonchev–Trinajstić information content (AvgIpc) is 3.34. The topological polar surface area (TPSA) is 92.8 Å². The summed E-state index contributed by atoms with van der Waals surface area (Å²) in [4.78, 5) is 15.6. The molecule has 1 fully saturated rings. The lowest BCUT2D eigenvalue weighted by atomic mass is 10.1. The van der Waals surface area contributed by atoms with Gasteiger partial charge in [0, 0.05) is 18.1 Å². The molecule has 3 aromatic heterocycles. The molecule has 1 atom stereocenters. The molecule has 136 valence electrons. The van der Waals surface area contributed by atoms with Crippen LogP contribution in [0.3, 0.4) is 0 Å². The smallest absolute Gasteiger partial charge is 0.221 e. The number of anilines is 1. The maximum absolute atomic E-state index is 9.58. The zero-order chi connectivity index (χ0) is 18.2. The Labute approximate surface area is 155 Å². The molecule has 0 aliphatic carbocycles. The van der Waals surface area contributed by atoms with Gasteiger partial charge in [-0.15, -0.1) is 5.10 Å². The second-order valence-corrected chi connectivity index (χ2v) is 6.82. The summed E-state index contributed by atoms with van der Waals surface area (Å²) < 4.78 is 1.77. The molecule has 1 N–H and O–H groups in total. The number of aliphatic hydroxyl groups excluding tert-OH is 1. The molecule has 0 bridgehead atoms. The van der Waals surface area contributed by atoms with Gasteiger partial charge in [0.2, 0.25) is 5.65 Å². The highest BCUT2D eigenvalue weighted by Crippen LogP contribution is 2.24. The Kier molecular flexibility index (Phi) is 3.90. The summed E-state index contributed by atoms with van der Waals surface area (Å²) in [5.41, 5.74) is 3.25. The number of rotatable bonds is 4. The molecule has 0 amide bonds. The maximum atomic E-state index is 9.58. The first-order valence-electron chi connectivity index (χ1n) is 9.09. The zero-order valence-corrected chi connectivity index (χ0v) is 14.7. The molecule has 1 saturated heterocycles. The van der Waals surface area contributed by atoms with Crippen LogP contribution in [0.25, 0.3) is 22.2 Å². The number of nitrogens with zero attached hydrogens (tertiary/aromatic N) is 7. The highest BCUT2D eigenvalue weighted by atomic mass is 16.3. The molecule has 4 aromatic rings. The van der Waals surface area contributed by atoms with Gasteiger partial charge in [-0.3, -0.25) is 4.98 Å². The summed E-state index contributed by atoms with van der Waals surface area (Å²) in [5.74, 6) is 0.769. The van der Waals surface area contributed by atoms with E-state index in [9.17, 15) is 5.11 Å². The van der Waals surface area contributed by atoms with E-state index in [0.717, 1.165) is 41.7 Å². The van der Waals surface area contributed by atoms with Crippen molar-refractivity contribution in [2.45, 2.75) is 25.4 Å². The molecule has 8 nitrogen and oxygen atoms in total. The van der Waals surface area contributed by atoms with Crippen LogP contribution in [0.4, 0.5) is 5.82 Å². The van der Waals surface area contributed by atoms with Gasteiger partial charge < -0.3 is 10.0 Å². The minimum Gasteiger partial charge on any atom is -0.394 e. The molecule has 0 spiro atoms. The third-order valence-corrected chi connectivity index (χ3v) is 5.10. The van der Waals surface area contributed by atoms with Gasteiger partial charge in [0.25, 0.3) is 0 Å². The lowest BCUT2D eigenvalue weighted by molar-refractivity contribution is 0.266. The molecule has 4 heterocycles. The van der Waals surface area contributed by atoms with Crippen molar-refractivity contribution >= 4 is 28.0 Å². The third-order valence-electron chi connectivity index (χ3n) is 5.10. The standard InChI is InChI=1S/C19H19N7O/c27-12-15-4-2-8-25(15)17-10-21-18-19(22-17)26(24-23-18)11-13-5-6-16-14(9-13)3-1-7-20-16/h1,3,5-7,9-10,15,27H,2,4,8,11-12H2. The number of hydrogen-bond donors (Lipinski definition) is 1. The third kappa shape index (κ3) is 2.87. The van der Waals surface area contributed by atoms with Crippen LogP contribution in [0.5, 0.6) is 0 Å². The minimum atomic E-state index is 0.106. The minimum absolute atomic E-state index is 0.106. The Bertz CT molecular complexity index is 1110. The molecule has 1 unspecified atom stereocenters. The van der Waals surface area contributed by atoms with Crippen molar-refractivity contribution in [3.8, 4) is 0 Å². The van der Waals surface area contributed by atoms with Gasteiger partial charge in [-0.1, -0.05) is 17.3 Å². The molecule has 8 heteroatoms. The van der Waals surface area contributed by atoms with Gasteiger partial charge in [-0.25, -0.2) is 14.6 Å². The number of benzene rings is 1. The van der Waals surface area contributed by atoms with Gasteiger partial charge >= 0.3 is 0 Å². The van der Waals surface area contributed by atoms with Crippen LogP contribution in [-0.2, 0) is 6.54 Å². The van der Waals surface area contributed by atoms with Crippen molar-refractivity contribution in [2.75, 3.05) is 18.1 Å². The van der Waals surface area contributed by atoms with E-state index in [-0.39, 0.29) is 12.6 Å². The first kappa shape index (κ1) is 16.1. The molecular formula is C19H19N7O. The fraction of sp³-hybridized carbons (Fsp3) is 0.316. The Morgan fingerprint density at radius 2 is 2.15 bits per heavy atom. The molecule has 1 aromatic carbocycles. The first-order chi connectivity index (χ1) is 13.3. The van der Waals surface area contributed by atoms with E-state index in [4.69, 9.17) is 4.98 Å². The Balaban J connectivity index is 1.50. The van der Waals surface area contributed by atoms with Crippen LogP contribution in [-0.4, -0.2) is 54.2 Å². The summed E-state index contributed by atoms with van der Waals surface area (Å²) in [5, 5.41) is 19.1. The summed E-state index contributed by atoms with van der Waals surface area (Å²) in [7, 11) is 0. The summed E-state index contributed by atoms with van der Waals surface area (Å²) >= 11 is 0. The normalized spacial score (nSPS) is 17.2. The molecule has 1 aliphatic heterocycles. The Morgan fingerprint density at radius 1 is 1.19 bits per heavy atom. The summed E-state index contributed by atoms with van der Waals surface area (Å²) in [6.07, 6.45) is 5.53. The van der Waals surface area contributed by atoms with Gasteiger partial charge in [0.1, 0.15) is 5.82 Å². The Morgan fingerprint density at radius 3 is 3.07 bits per heavy atom. The van der Waals surface area contributed by atoms with Crippen LogP contribution in [0.2, 0.25) is 0 Å². The zero-order valence-electron chi connectivity index (χ0n) is 14.7. The second-order valence-electron chi connectivity index (χ2n) is 6.82. The van der Waals surface area contributed by atoms with E-state index in [0.29, 0.717) is 17.8 Å². The number of aromatic nitrogens is 6. The molecule has 0 radical (unpaired) electrons. The largest absolute Gasteiger partial charge is 0.394 e. The first-order valence-corrected chi connectivity index (χ1v) is 9.09. The maximum Gasteiger partial charge on any atom is 0.221 e. The van der Waals surface area contributed by atoms with E-state index in [1.165, 1.54) is 0 Å². The predicted molar refractivity (Wildman–Crippen MR) is 101 cm³/mol. The highest BCUT2D eigenvalue weighted by molar-refractivity contribution is 5.79. The van der Waals surface area contributed by atoms with Crippen molar-refractivity contribution < 1.29 is 5.11 Å². The highest BCUT2D eigenvalue weighted by Gasteiger charge is 2.25. The van der Waals surface area contributed by atoms with E-state index >= 15 is 0 Å². The van der Waals surface area contributed by atoms with Crippen molar-refractivity contribution in [1.29, 1.82) is 0 Å². The fourth-order valence-corrected chi connectivity index (χ4v) is 3.71. The van der Waals surface area contributed by atoms with Crippen LogP contribution < -0.4 is 4.90 Å². The van der Waals surface area contributed by atoms with E-state index in [1.807, 2.05) is 24.3 Å². The van der Waals surface area contributed by atoms with Gasteiger partial charge in [0.15, 0.2) is 5.65 Å². The molecular weight excluding hydrogens is 342 g/mol. The van der Waals surface area contributed by atoms with Gasteiger partial charge in [0.05, 0.1) is 30.9 Å². The molecule has 0 saturated carbocycles. The quantitative estimate of drug-likeness (QED) is 0.592. The number of hydrogen-bond acceptors (Lipinski definition) is 7. The van der Waals surface area contributed by atoms with Crippen LogP contribution in [0, 0.1) is 0 Å². The molecule has 27 heavy (non-hydrogen) atoms. The van der Waals surface area contributed by atoms with E-state index < -0.39 is 0 Å². The lowest BCUT2D eigenvalue weighted by Gasteiger charge is -2.23. The Hall–Kier alpha value is -3.13. The number of fused-ring (bicyclic) bond motifs is 2. The van der Waals surface area contributed by atoms with Crippen LogP contribution in [0.15, 0.2) is 42.7 Å². The number of pyridine rings is 1. The van der Waals surface area contributed by atoms with Crippen LogP contribution >= 0.6 is 0 Å². The molecule has 5 rings (SSSR count). The predicted octanol–water partition coefficient (Wildman–Crippen LogP) is 1.78. The van der Waals surface area contributed by atoms with Crippen molar-refractivity contribution in [1.82, 2.24) is 29.9 Å². The van der Waals surface area contributed by atoms with Gasteiger partial charge in [-0.05, 0) is 36.6 Å². The SMILES string of the molecule is OCC1CCCN1c1cnc2nnn(Cc3ccc4ncccc4c3)c2n1. The van der Waals surface area contributed by atoms with Crippen molar-refractivity contribution in [2.24, 2.45) is 0 Å². The second kappa shape index (κ2) is 6.55. The summed E-state index contributed by atoms with van der Waals surface area (Å²) in [6, 6.07) is 10.2. The van der Waals surface area contributed by atoms with Crippen molar-refractivity contribution in [3.05, 3.63) is 48.3 Å². The van der Waals surface area contributed by atoms with Crippen LogP contribution in [0.1, 0.15) is 18.4 Å². The molecule has 1 aliphatic rings. The van der Waals surface area contributed by atoms with Crippen molar-refractivity contribution in [3.63, 3.8) is 0 Å². The fourth-order valence-electron chi connectivity index (χ4n) is 3.71. The average molecular weight is 361 g/mol. The van der Waals surface area contributed by atoms with E-state index in [1.54, 1.807) is 17.1 Å². The monoisotopic (exact) mass is 361 g/mol.